The number of carboxylic acid groups (broad SMARTS) is 1. The summed E-state index contributed by atoms with van der Waals surface area (Å²) in [6.07, 6.45) is 11.5. The fourth-order valence-electron chi connectivity index (χ4n) is 8.43. The number of carbonyl (C=O) groups is 2. The van der Waals surface area contributed by atoms with Crippen molar-refractivity contribution in [2.24, 2.45) is 0 Å². The maximum absolute atomic E-state index is 12.9. The molecule has 308 valence electrons. The molecule has 1 amide bonds. The van der Waals surface area contributed by atoms with Crippen LogP contribution in [-0.2, 0) is 0 Å². The van der Waals surface area contributed by atoms with E-state index in [0.717, 1.165) is 64.6 Å². The van der Waals surface area contributed by atoms with Gasteiger partial charge in [-0.25, -0.2) is 14.8 Å². The number of nitrogens with one attached hydrogen (secondary N) is 1. The first kappa shape index (κ1) is 44.6. The molecule has 4 saturated heterocycles. The van der Waals surface area contributed by atoms with Crippen molar-refractivity contribution in [1.82, 2.24) is 39.1 Å². The molecule has 10 rings (SSSR count). The molecule has 58 heavy (non-hydrogen) atoms. The van der Waals surface area contributed by atoms with Gasteiger partial charge in [0.1, 0.15) is 12.7 Å². The number of hydrogen-bond donors (Lipinski definition) is 2. The minimum absolute atomic E-state index is 0. The monoisotopic (exact) mass is 846 g/mol. The number of aromatic nitrogens is 4. The third-order valence-electron chi connectivity index (χ3n) is 11.5. The van der Waals surface area contributed by atoms with E-state index in [0.29, 0.717) is 6.04 Å². The van der Waals surface area contributed by atoms with E-state index in [1.165, 1.54) is 71.4 Å². The van der Waals surface area contributed by atoms with Crippen molar-refractivity contribution < 1.29 is 14.7 Å². The SMILES string of the molecule is C1CCN(C2CCNC2)C1.Cl.Cl.Cl.O=C(O)c1ccc(-n2cnc3ccccc32)cc1.O=C(c1ccc(-n2cnc3ccccc32)cc1)N1CCC(N2CCCC2)C1. The Kier molecular flexibility index (Phi) is 16.1. The average molecular weight is 848 g/mol. The highest BCUT2D eigenvalue weighted by Gasteiger charge is 2.32. The van der Waals surface area contributed by atoms with Gasteiger partial charge in [-0.05, 0) is 144 Å². The van der Waals surface area contributed by atoms with Crippen molar-refractivity contribution in [2.75, 3.05) is 52.4 Å². The zero-order valence-corrected chi connectivity index (χ0v) is 35.0. The first-order valence-electron chi connectivity index (χ1n) is 19.8. The van der Waals surface area contributed by atoms with Crippen LogP contribution in [0.3, 0.4) is 0 Å². The number of nitrogens with zero attached hydrogens (tertiary/aromatic N) is 7. The van der Waals surface area contributed by atoms with Gasteiger partial charge in [0.25, 0.3) is 5.91 Å². The molecule has 4 aromatic carbocycles. The Bertz CT molecular complexity index is 2200. The van der Waals surface area contributed by atoms with E-state index >= 15 is 0 Å². The first-order valence-corrected chi connectivity index (χ1v) is 19.8. The predicted molar refractivity (Wildman–Crippen MR) is 238 cm³/mol. The molecule has 6 heterocycles. The van der Waals surface area contributed by atoms with Gasteiger partial charge in [-0.2, -0.15) is 0 Å². The third kappa shape index (κ3) is 10.2. The summed E-state index contributed by atoms with van der Waals surface area (Å²) >= 11 is 0. The smallest absolute Gasteiger partial charge is 0.335 e. The van der Waals surface area contributed by atoms with Gasteiger partial charge in [-0.1, -0.05) is 24.3 Å². The lowest BCUT2D eigenvalue weighted by Gasteiger charge is -2.23. The fourth-order valence-corrected chi connectivity index (χ4v) is 8.43. The maximum atomic E-state index is 12.9. The molecule has 14 heteroatoms. The number of imidazole rings is 2. The van der Waals surface area contributed by atoms with Gasteiger partial charge in [0, 0.05) is 48.7 Å². The van der Waals surface area contributed by atoms with Crippen molar-refractivity contribution in [2.45, 2.75) is 50.6 Å². The molecule has 0 spiro atoms. The molecular formula is C44H53Cl3N8O3. The largest absolute Gasteiger partial charge is 0.478 e. The predicted octanol–water partition coefficient (Wildman–Crippen LogP) is 7.77. The molecule has 2 atom stereocenters. The lowest BCUT2D eigenvalue weighted by Crippen LogP contribution is -2.37. The van der Waals surface area contributed by atoms with Crippen LogP contribution in [0.5, 0.6) is 0 Å². The number of likely N-dealkylation sites (tertiary alicyclic amines) is 3. The Labute approximate surface area is 358 Å². The summed E-state index contributed by atoms with van der Waals surface area (Å²) in [5.41, 5.74) is 6.94. The second-order valence-corrected chi connectivity index (χ2v) is 14.9. The molecule has 4 aliphatic rings. The van der Waals surface area contributed by atoms with E-state index < -0.39 is 5.97 Å². The summed E-state index contributed by atoms with van der Waals surface area (Å²) in [5, 5.41) is 12.3. The van der Waals surface area contributed by atoms with E-state index in [4.69, 9.17) is 5.11 Å². The topological polar surface area (TPSA) is 112 Å². The molecule has 0 radical (unpaired) electrons. The van der Waals surface area contributed by atoms with Gasteiger partial charge in [-0.3, -0.25) is 23.7 Å². The van der Waals surface area contributed by atoms with E-state index in [1.54, 1.807) is 30.6 Å². The molecule has 6 aromatic rings. The average Bonchev–Trinajstić information content (AvgIpc) is 4.09. The molecule has 0 saturated carbocycles. The second kappa shape index (κ2) is 21.0. The summed E-state index contributed by atoms with van der Waals surface area (Å²) < 4.78 is 3.99. The number of amides is 1. The van der Waals surface area contributed by atoms with E-state index in [2.05, 4.69) is 35.7 Å². The lowest BCUT2D eigenvalue weighted by molar-refractivity contribution is 0.0696. The Hall–Kier alpha value is -4.49. The Balaban J connectivity index is 0.000000179. The number of fused-ring (bicyclic) bond motifs is 2. The number of halogens is 3. The Morgan fingerprint density at radius 2 is 1.07 bits per heavy atom. The van der Waals surface area contributed by atoms with Crippen LogP contribution in [0.1, 0.15) is 59.2 Å². The van der Waals surface area contributed by atoms with Crippen LogP contribution in [0.25, 0.3) is 33.4 Å². The van der Waals surface area contributed by atoms with Crippen LogP contribution in [0, 0.1) is 0 Å². The minimum atomic E-state index is -0.919. The van der Waals surface area contributed by atoms with Gasteiger partial charge >= 0.3 is 5.97 Å². The van der Waals surface area contributed by atoms with Crippen LogP contribution < -0.4 is 5.32 Å². The van der Waals surface area contributed by atoms with Crippen LogP contribution in [0.2, 0.25) is 0 Å². The van der Waals surface area contributed by atoms with Crippen LogP contribution >= 0.6 is 37.2 Å². The standard InChI is InChI=1S/C22H24N4O.C14H10N2O2.C8H16N2.3ClH/c27-22(25-14-11-19(15-25)24-12-3-4-13-24)17-7-9-18(10-8-17)26-16-23-20-5-1-2-6-21(20)26;17-14(18)10-5-7-11(8-6-10)16-9-15-12-3-1-2-4-13(12)16;1-2-6-10(5-1)8-3-4-9-7-8;;;/h1-2,5-10,16,19H,3-4,11-15H2;1-9H,(H,17,18);8-9H,1-7H2;3*1H. The fraction of sp³-hybridized carbons (Fsp3) is 0.364. The highest BCUT2D eigenvalue weighted by molar-refractivity contribution is 5.94. The normalized spacial score (nSPS) is 19.0. The Morgan fingerprint density at radius 3 is 1.55 bits per heavy atom. The lowest BCUT2D eigenvalue weighted by atomic mass is 10.1. The van der Waals surface area contributed by atoms with Crippen molar-refractivity contribution in [3.8, 4) is 11.4 Å². The van der Waals surface area contributed by atoms with Gasteiger partial charge in [0.15, 0.2) is 0 Å². The number of carboxylic acids is 1. The van der Waals surface area contributed by atoms with E-state index in [-0.39, 0.29) is 48.7 Å². The summed E-state index contributed by atoms with van der Waals surface area (Å²) in [6, 6.07) is 31.9. The molecule has 4 aliphatic heterocycles. The molecule has 11 nitrogen and oxygen atoms in total. The number of aromatic carboxylic acids is 1. The zero-order chi connectivity index (χ0) is 37.6. The number of hydrogen-bond acceptors (Lipinski definition) is 7. The van der Waals surface area contributed by atoms with Crippen LogP contribution in [-0.4, -0.2) is 115 Å². The molecule has 0 bridgehead atoms. The summed E-state index contributed by atoms with van der Waals surface area (Å²) in [7, 11) is 0. The number of benzene rings is 4. The molecular weight excluding hydrogens is 795 g/mol. The summed E-state index contributed by atoms with van der Waals surface area (Å²) in [4.78, 5) is 39.7. The second-order valence-electron chi connectivity index (χ2n) is 14.9. The van der Waals surface area contributed by atoms with Crippen molar-refractivity contribution >= 4 is 71.2 Å². The molecule has 2 unspecified atom stereocenters. The number of carbonyl (C=O) groups excluding carboxylic acids is 1. The molecule has 2 aromatic heterocycles. The molecule has 2 N–H and O–H groups in total. The zero-order valence-electron chi connectivity index (χ0n) is 32.6. The highest BCUT2D eigenvalue weighted by Crippen LogP contribution is 2.24. The highest BCUT2D eigenvalue weighted by atomic mass is 35.5. The molecule has 0 aliphatic carbocycles. The van der Waals surface area contributed by atoms with Gasteiger partial charge in [0.2, 0.25) is 0 Å². The van der Waals surface area contributed by atoms with E-state index in [1.807, 2.05) is 82.5 Å². The van der Waals surface area contributed by atoms with Gasteiger partial charge < -0.3 is 15.3 Å². The van der Waals surface area contributed by atoms with Gasteiger partial charge in [0.05, 0.1) is 27.6 Å². The summed E-state index contributed by atoms with van der Waals surface area (Å²) in [6.45, 7) is 9.31. The van der Waals surface area contributed by atoms with Crippen molar-refractivity contribution in [3.63, 3.8) is 0 Å². The van der Waals surface area contributed by atoms with Gasteiger partial charge in [-0.15, -0.1) is 37.2 Å². The van der Waals surface area contributed by atoms with Crippen molar-refractivity contribution in [1.29, 1.82) is 0 Å². The third-order valence-corrected chi connectivity index (χ3v) is 11.5. The quantitative estimate of drug-likeness (QED) is 0.175. The minimum Gasteiger partial charge on any atom is -0.478 e. The first-order chi connectivity index (χ1) is 27.0. The van der Waals surface area contributed by atoms with Crippen LogP contribution in [0.4, 0.5) is 0 Å². The van der Waals surface area contributed by atoms with E-state index in [9.17, 15) is 9.59 Å². The molecule has 4 fully saturated rings. The van der Waals surface area contributed by atoms with Crippen LogP contribution in [0.15, 0.2) is 110 Å². The Morgan fingerprint density at radius 1 is 0.586 bits per heavy atom. The maximum Gasteiger partial charge on any atom is 0.335 e. The number of para-hydroxylation sites is 4. The summed E-state index contributed by atoms with van der Waals surface area (Å²) in [5.74, 6) is -0.768. The number of rotatable bonds is 6. The van der Waals surface area contributed by atoms with Crippen molar-refractivity contribution in [3.05, 3.63) is 121 Å².